The number of nitrogens with two attached hydrogens (primary N) is 1. The van der Waals surface area contributed by atoms with Crippen LogP contribution in [0.5, 0.6) is 0 Å². The highest BCUT2D eigenvalue weighted by atomic mass is 32.2. The summed E-state index contributed by atoms with van der Waals surface area (Å²) in [5.41, 5.74) is 7.30. The topological polar surface area (TPSA) is 169 Å². The molecule has 5 N–H and O–H groups in total. The second-order valence-electron chi connectivity index (χ2n) is 7.51. The molecule has 0 aromatic heterocycles. The van der Waals surface area contributed by atoms with Gasteiger partial charge in [-0.05, 0) is 53.6 Å². The summed E-state index contributed by atoms with van der Waals surface area (Å²) in [6.45, 7) is 1.32. The van der Waals surface area contributed by atoms with Gasteiger partial charge in [-0.1, -0.05) is 24.3 Å². The molecule has 180 valence electrons. The van der Waals surface area contributed by atoms with E-state index in [1.165, 1.54) is 31.2 Å². The Morgan fingerprint density at radius 3 is 2.06 bits per heavy atom. The lowest BCUT2D eigenvalue weighted by molar-refractivity contribution is -0.114. The number of rotatable bonds is 7. The number of nitrogen functional groups attached to an aromatic ring is 1. The van der Waals surface area contributed by atoms with Crippen molar-refractivity contribution in [3.8, 4) is 11.1 Å². The number of benzene rings is 3. The number of carbonyl (C=O) groups excluding carboxylic acids is 3. The van der Waals surface area contributed by atoms with E-state index >= 15 is 0 Å². The summed E-state index contributed by atoms with van der Waals surface area (Å²) in [6.07, 6.45) is 0.756. The first-order chi connectivity index (χ1) is 16.4. The summed E-state index contributed by atoms with van der Waals surface area (Å²) in [6, 6.07) is 16.9. The smallest absolute Gasteiger partial charge is 0.354 e. The Morgan fingerprint density at radius 1 is 0.857 bits per heavy atom. The van der Waals surface area contributed by atoms with Gasteiger partial charge < -0.3 is 20.6 Å². The summed E-state index contributed by atoms with van der Waals surface area (Å²) < 4.78 is 27.5. The van der Waals surface area contributed by atoms with Crippen molar-refractivity contribution in [1.82, 2.24) is 0 Å². The second-order valence-corrected chi connectivity index (χ2v) is 9.08. The fraction of sp³-hybridized carbons (Fsp3) is 0.0833. The molecule has 0 saturated heterocycles. The van der Waals surface area contributed by atoms with Crippen molar-refractivity contribution < 1.29 is 27.0 Å². The Bertz CT molecular complexity index is 1430. The zero-order valence-electron chi connectivity index (χ0n) is 18.8. The van der Waals surface area contributed by atoms with Gasteiger partial charge in [-0.2, -0.15) is 8.42 Å². The summed E-state index contributed by atoms with van der Waals surface area (Å²) in [5.74, 6) is -2.12. The minimum atomic E-state index is -4.07. The largest absolute Gasteiger partial charge is 0.384 e. The van der Waals surface area contributed by atoms with E-state index in [-0.39, 0.29) is 28.4 Å². The van der Waals surface area contributed by atoms with Crippen molar-refractivity contribution in [2.75, 3.05) is 16.9 Å². The molecule has 0 fully saturated rings. The highest BCUT2D eigenvalue weighted by molar-refractivity contribution is 7.86. The Hall–Kier alpha value is -4.51. The van der Waals surface area contributed by atoms with E-state index in [1.54, 1.807) is 42.5 Å². The molecule has 3 rings (SSSR count). The number of carbonyl (C=O) groups is 3. The minimum absolute atomic E-state index is 0.0648. The lowest BCUT2D eigenvalue weighted by Crippen LogP contribution is -2.16. The van der Waals surface area contributed by atoms with Crippen LogP contribution in [0.15, 0.2) is 66.7 Å². The van der Waals surface area contributed by atoms with E-state index in [9.17, 15) is 22.8 Å². The molecule has 11 heteroatoms. The quantitative estimate of drug-likeness (QED) is 0.222. The monoisotopic (exact) mass is 494 g/mol. The molecule has 0 atom stereocenters. The molecule has 0 radical (unpaired) electrons. The summed E-state index contributed by atoms with van der Waals surface area (Å²) >= 11 is 0. The van der Waals surface area contributed by atoms with Crippen molar-refractivity contribution in [1.29, 1.82) is 5.41 Å². The highest BCUT2D eigenvalue weighted by Gasteiger charge is 2.22. The number of hydrogen-bond donors (Lipinski definition) is 4. The number of nitrogens with one attached hydrogen (secondary N) is 3. The molecule has 0 aliphatic rings. The first-order valence-corrected chi connectivity index (χ1v) is 12.0. The summed E-state index contributed by atoms with van der Waals surface area (Å²) in [7, 11) is -4.07. The average molecular weight is 495 g/mol. The van der Waals surface area contributed by atoms with Crippen LogP contribution in [0.2, 0.25) is 0 Å². The Morgan fingerprint density at radius 2 is 1.46 bits per heavy atom. The van der Waals surface area contributed by atoms with E-state index in [0.717, 1.165) is 6.26 Å². The molecular weight excluding hydrogens is 472 g/mol. The third-order valence-electron chi connectivity index (χ3n) is 4.70. The van der Waals surface area contributed by atoms with Crippen molar-refractivity contribution >= 4 is 45.1 Å². The zero-order valence-corrected chi connectivity index (χ0v) is 19.6. The lowest BCUT2D eigenvalue weighted by atomic mass is 9.94. The van der Waals surface area contributed by atoms with Crippen LogP contribution in [0.4, 0.5) is 11.4 Å². The molecule has 35 heavy (non-hydrogen) atoms. The summed E-state index contributed by atoms with van der Waals surface area (Å²) in [5, 5.41) is 12.8. The normalized spacial score (nSPS) is 10.8. The average Bonchev–Trinajstić information content (AvgIpc) is 2.78. The van der Waals surface area contributed by atoms with Gasteiger partial charge in [0.1, 0.15) is 5.84 Å². The molecule has 10 nitrogen and oxygen atoms in total. The Balaban J connectivity index is 2.08. The molecule has 0 heterocycles. The maximum absolute atomic E-state index is 13.3. The predicted octanol–water partition coefficient (Wildman–Crippen LogP) is 2.96. The van der Waals surface area contributed by atoms with Crippen LogP contribution >= 0.6 is 0 Å². The molecule has 0 bridgehead atoms. The van der Waals surface area contributed by atoms with Gasteiger partial charge in [-0.15, -0.1) is 0 Å². The van der Waals surface area contributed by atoms with Crippen LogP contribution < -0.4 is 16.4 Å². The Kier molecular flexibility index (Phi) is 7.31. The van der Waals surface area contributed by atoms with Gasteiger partial charge in [0.15, 0.2) is 0 Å². The first-order valence-electron chi connectivity index (χ1n) is 10.2. The molecule has 0 aliphatic heterocycles. The SMILES string of the molecule is CC(=O)Nc1ccc(-c2ccccc2C(=O)OS(C)(=O)=O)c(C(=O)Nc2ccc(C(=N)N)cc2)c1. The Labute approximate surface area is 201 Å². The van der Waals surface area contributed by atoms with Crippen molar-refractivity contribution in [2.24, 2.45) is 5.73 Å². The molecule has 0 spiro atoms. The molecule has 0 unspecified atom stereocenters. The molecule has 2 amide bonds. The van der Waals surface area contributed by atoms with Gasteiger partial charge in [0.2, 0.25) is 5.91 Å². The lowest BCUT2D eigenvalue weighted by Gasteiger charge is -2.15. The molecule has 3 aromatic rings. The second kappa shape index (κ2) is 10.2. The predicted molar refractivity (Wildman–Crippen MR) is 132 cm³/mol. The van der Waals surface area contributed by atoms with E-state index in [1.807, 2.05) is 0 Å². The van der Waals surface area contributed by atoms with Crippen LogP contribution in [0.1, 0.15) is 33.2 Å². The highest BCUT2D eigenvalue weighted by Crippen LogP contribution is 2.31. The maximum Gasteiger partial charge on any atom is 0.354 e. The third kappa shape index (κ3) is 6.51. The van der Waals surface area contributed by atoms with E-state index in [0.29, 0.717) is 22.5 Å². The molecule has 3 aromatic carbocycles. The first kappa shape index (κ1) is 25.1. The third-order valence-corrected chi connectivity index (χ3v) is 5.16. The molecule has 0 saturated carbocycles. The van der Waals surface area contributed by atoms with Crippen LogP contribution in [-0.2, 0) is 19.1 Å². The number of hydrogen-bond acceptors (Lipinski definition) is 7. The fourth-order valence-corrected chi connectivity index (χ4v) is 3.62. The summed E-state index contributed by atoms with van der Waals surface area (Å²) in [4.78, 5) is 37.4. The van der Waals surface area contributed by atoms with Crippen LogP contribution in [0, 0.1) is 5.41 Å². The standard InChI is InChI=1S/C24H22N4O6S/c1-14(29)27-17-11-12-19(18-5-3-4-6-20(18)24(31)34-35(2,32)33)21(13-17)23(30)28-16-9-7-15(8-10-16)22(25)26/h3-13H,1-2H3,(H3,25,26)(H,27,29)(H,28,30). The molecule has 0 aliphatic carbocycles. The zero-order chi connectivity index (χ0) is 25.8. The van der Waals surface area contributed by atoms with Gasteiger partial charge in [0.05, 0.1) is 11.8 Å². The van der Waals surface area contributed by atoms with E-state index in [4.69, 9.17) is 11.1 Å². The number of anilines is 2. The van der Waals surface area contributed by atoms with Crippen molar-refractivity contribution in [2.45, 2.75) is 6.92 Å². The molecular formula is C24H22N4O6S. The maximum atomic E-state index is 13.3. The van der Waals surface area contributed by atoms with Crippen LogP contribution in [0.3, 0.4) is 0 Å². The van der Waals surface area contributed by atoms with Gasteiger partial charge in [-0.3, -0.25) is 15.0 Å². The van der Waals surface area contributed by atoms with Crippen molar-refractivity contribution in [3.05, 3.63) is 83.4 Å². The van der Waals surface area contributed by atoms with Crippen molar-refractivity contribution in [3.63, 3.8) is 0 Å². The van der Waals surface area contributed by atoms with Gasteiger partial charge >= 0.3 is 16.1 Å². The number of amidine groups is 1. The fourth-order valence-electron chi connectivity index (χ4n) is 3.26. The van der Waals surface area contributed by atoms with Crippen LogP contribution in [0.25, 0.3) is 11.1 Å². The van der Waals surface area contributed by atoms with Gasteiger partial charge in [0, 0.05) is 29.4 Å². The minimum Gasteiger partial charge on any atom is -0.384 e. The van der Waals surface area contributed by atoms with Crippen LogP contribution in [-0.4, -0.2) is 38.3 Å². The van der Waals surface area contributed by atoms with Gasteiger partial charge in [0.25, 0.3) is 5.91 Å². The van der Waals surface area contributed by atoms with E-state index in [2.05, 4.69) is 14.8 Å². The van der Waals surface area contributed by atoms with Gasteiger partial charge in [-0.25, -0.2) is 4.79 Å². The number of amides is 2. The van der Waals surface area contributed by atoms with E-state index < -0.39 is 22.0 Å².